The van der Waals surface area contributed by atoms with Crippen LogP contribution in [0.5, 0.6) is 0 Å². The molecule has 0 atom stereocenters. The zero-order chi connectivity index (χ0) is 15.2. The van der Waals surface area contributed by atoms with Crippen LogP contribution in [0.2, 0.25) is 10.2 Å². The molecule has 0 spiro atoms. The van der Waals surface area contributed by atoms with Crippen molar-refractivity contribution in [3.05, 3.63) is 40.0 Å². The van der Waals surface area contributed by atoms with Crippen LogP contribution in [0.25, 0.3) is 0 Å². The summed E-state index contributed by atoms with van der Waals surface area (Å²) in [6.45, 7) is 3.77. The third kappa shape index (κ3) is 5.06. The van der Waals surface area contributed by atoms with E-state index in [1.165, 1.54) is 6.26 Å². The maximum atomic E-state index is 6.04. The number of hydrogen-bond acceptors (Lipinski definition) is 3. The fraction of sp³-hybridized carbons (Fsp3) is 0.385. The number of nitrogens with zero attached hydrogens (tertiary/aromatic N) is 3. The van der Waals surface area contributed by atoms with Gasteiger partial charge >= 0.3 is 0 Å². The molecule has 0 saturated heterocycles. The molecule has 0 fully saturated rings. The summed E-state index contributed by atoms with van der Waals surface area (Å²) in [5.41, 5.74) is 1.74. The molecule has 2 aromatic rings. The normalized spacial score (nSPS) is 11.2. The van der Waals surface area contributed by atoms with Crippen LogP contribution in [0.3, 0.4) is 0 Å². The Morgan fingerprint density at radius 3 is 2.73 bits per heavy atom. The highest BCUT2D eigenvalue weighted by molar-refractivity contribution is 14.0. The van der Waals surface area contributed by atoms with Gasteiger partial charge in [0, 0.05) is 25.4 Å². The van der Waals surface area contributed by atoms with Gasteiger partial charge in [-0.05, 0) is 13.0 Å². The molecule has 22 heavy (non-hydrogen) atoms. The monoisotopic (exact) mass is 457 g/mol. The Bertz CT molecular complexity index is 612. The van der Waals surface area contributed by atoms with Gasteiger partial charge in [-0.15, -0.1) is 24.0 Å². The Labute approximate surface area is 156 Å². The summed E-state index contributed by atoms with van der Waals surface area (Å²) >= 11 is 12.0. The van der Waals surface area contributed by atoms with E-state index in [2.05, 4.69) is 20.8 Å². The molecule has 0 radical (unpaired) electrons. The van der Waals surface area contributed by atoms with E-state index in [1.54, 1.807) is 6.07 Å². The quantitative estimate of drug-likeness (QED) is 0.411. The Morgan fingerprint density at radius 1 is 1.41 bits per heavy atom. The molecule has 2 N–H and O–H groups in total. The molecule has 0 saturated carbocycles. The number of nitrogens with one attached hydrogen (secondary N) is 2. The van der Waals surface area contributed by atoms with E-state index in [4.69, 9.17) is 27.7 Å². The van der Waals surface area contributed by atoms with E-state index in [0.29, 0.717) is 29.2 Å². The molecule has 6 nitrogen and oxygen atoms in total. The van der Waals surface area contributed by atoms with Crippen LogP contribution in [-0.4, -0.2) is 22.2 Å². The van der Waals surface area contributed by atoms with Crippen molar-refractivity contribution >= 4 is 53.1 Å². The van der Waals surface area contributed by atoms with Crippen LogP contribution in [0.15, 0.2) is 27.9 Å². The van der Waals surface area contributed by atoms with Gasteiger partial charge < -0.3 is 19.7 Å². The Balaban J connectivity index is 0.00000242. The molecule has 0 unspecified atom stereocenters. The van der Waals surface area contributed by atoms with Crippen LogP contribution < -0.4 is 10.6 Å². The molecule has 2 rings (SSSR count). The van der Waals surface area contributed by atoms with E-state index in [1.807, 2.05) is 24.6 Å². The minimum atomic E-state index is 0. The van der Waals surface area contributed by atoms with Crippen molar-refractivity contribution in [3.8, 4) is 0 Å². The maximum absolute atomic E-state index is 6.04. The molecule has 0 aliphatic heterocycles. The first-order chi connectivity index (χ1) is 10.1. The summed E-state index contributed by atoms with van der Waals surface area (Å²) in [5, 5.41) is 11.3. The number of aromatic nitrogens is 2. The molecule has 0 aromatic carbocycles. The second-order valence-corrected chi connectivity index (χ2v) is 5.14. The first-order valence-corrected chi connectivity index (χ1v) is 7.28. The molecule has 0 bridgehead atoms. The second kappa shape index (κ2) is 9.26. The largest absolute Gasteiger partial charge is 0.364 e. The summed E-state index contributed by atoms with van der Waals surface area (Å²) in [4.78, 5) is 4.43. The summed E-state index contributed by atoms with van der Waals surface area (Å²) in [6, 6.07) is 3.61. The second-order valence-electron chi connectivity index (χ2n) is 4.37. The number of guanidine groups is 1. The van der Waals surface area contributed by atoms with Gasteiger partial charge in [0.15, 0.2) is 5.96 Å². The molecule has 9 heteroatoms. The predicted molar refractivity (Wildman–Crippen MR) is 99.0 cm³/mol. The number of rotatable bonds is 5. The highest BCUT2D eigenvalue weighted by Gasteiger charge is 2.09. The molecule has 2 aromatic heterocycles. The zero-order valence-corrected chi connectivity index (χ0v) is 16.1. The van der Waals surface area contributed by atoms with Gasteiger partial charge in [0.1, 0.15) is 17.1 Å². The van der Waals surface area contributed by atoms with Gasteiger partial charge in [0.05, 0.1) is 18.1 Å². The minimum absolute atomic E-state index is 0. The van der Waals surface area contributed by atoms with Crippen LogP contribution in [0.1, 0.15) is 18.3 Å². The summed E-state index contributed by atoms with van der Waals surface area (Å²) in [6.07, 6.45) is 1.53. The fourth-order valence-electron chi connectivity index (χ4n) is 1.75. The lowest BCUT2D eigenvalue weighted by Crippen LogP contribution is -2.37. The molecular formula is C13H18Cl2IN5O. The Morgan fingerprint density at radius 2 is 2.18 bits per heavy atom. The van der Waals surface area contributed by atoms with Crippen LogP contribution in [0.4, 0.5) is 0 Å². The number of hydrogen-bond donors (Lipinski definition) is 2. The van der Waals surface area contributed by atoms with Gasteiger partial charge in [-0.3, -0.25) is 0 Å². The molecule has 0 aliphatic rings. The first kappa shape index (κ1) is 19.1. The van der Waals surface area contributed by atoms with Crippen molar-refractivity contribution in [1.82, 2.24) is 20.4 Å². The smallest absolute Gasteiger partial charge is 0.191 e. The van der Waals surface area contributed by atoms with Gasteiger partial charge in [0.25, 0.3) is 0 Å². The van der Waals surface area contributed by atoms with Gasteiger partial charge in [-0.25, -0.2) is 4.99 Å². The summed E-state index contributed by atoms with van der Waals surface area (Å²) < 4.78 is 6.61. The zero-order valence-electron chi connectivity index (χ0n) is 12.3. The van der Waals surface area contributed by atoms with Crippen molar-refractivity contribution in [2.75, 3.05) is 6.54 Å². The van der Waals surface area contributed by atoms with Crippen molar-refractivity contribution in [2.45, 2.75) is 20.0 Å². The first-order valence-electron chi connectivity index (χ1n) is 6.52. The predicted octanol–water partition coefficient (Wildman–Crippen LogP) is 3.19. The Kier molecular flexibility index (Phi) is 8.05. The average molecular weight is 458 g/mol. The van der Waals surface area contributed by atoms with E-state index in [9.17, 15) is 0 Å². The van der Waals surface area contributed by atoms with E-state index in [0.717, 1.165) is 17.9 Å². The van der Waals surface area contributed by atoms with E-state index >= 15 is 0 Å². The highest BCUT2D eigenvalue weighted by atomic mass is 127. The lowest BCUT2D eigenvalue weighted by atomic mass is 10.4. The van der Waals surface area contributed by atoms with Crippen molar-refractivity contribution in [3.63, 3.8) is 0 Å². The lowest BCUT2D eigenvalue weighted by Gasteiger charge is -2.11. The van der Waals surface area contributed by atoms with Crippen molar-refractivity contribution in [1.29, 1.82) is 0 Å². The van der Waals surface area contributed by atoms with E-state index < -0.39 is 0 Å². The topological polar surface area (TPSA) is 67.4 Å². The highest BCUT2D eigenvalue weighted by Crippen LogP contribution is 2.24. The number of aliphatic imine (C=N–C) groups is 1. The third-order valence-corrected chi connectivity index (χ3v) is 3.73. The van der Waals surface area contributed by atoms with Crippen LogP contribution in [-0.2, 0) is 20.1 Å². The maximum Gasteiger partial charge on any atom is 0.191 e. The van der Waals surface area contributed by atoms with Gasteiger partial charge in [-0.2, -0.15) is 0 Å². The Hall–Kier alpha value is -0.930. The van der Waals surface area contributed by atoms with Gasteiger partial charge in [0.2, 0.25) is 0 Å². The third-order valence-electron chi connectivity index (χ3n) is 2.89. The summed E-state index contributed by atoms with van der Waals surface area (Å²) in [7, 11) is 1.87. The number of halogens is 3. The fourth-order valence-corrected chi connectivity index (χ4v) is 2.17. The van der Waals surface area contributed by atoms with Gasteiger partial charge in [-0.1, -0.05) is 28.4 Å². The van der Waals surface area contributed by atoms with Crippen molar-refractivity contribution in [2.24, 2.45) is 12.0 Å². The molecule has 0 amide bonds. The van der Waals surface area contributed by atoms with Crippen LogP contribution in [0, 0.1) is 0 Å². The molecular weight excluding hydrogens is 440 g/mol. The molecule has 122 valence electrons. The van der Waals surface area contributed by atoms with Crippen LogP contribution >= 0.6 is 47.2 Å². The minimum Gasteiger partial charge on any atom is -0.364 e. The molecule has 2 heterocycles. The summed E-state index contributed by atoms with van der Waals surface area (Å²) in [5.74, 6) is 0.689. The van der Waals surface area contributed by atoms with E-state index in [-0.39, 0.29) is 24.0 Å². The SMILES string of the molecule is CCNC(=NCc1ccon1)NCc1cc(Cl)c(Cl)n1C.I. The lowest BCUT2D eigenvalue weighted by molar-refractivity contribution is 0.412. The van der Waals surface area contributed by atoms with Crippen molar-refractivity contribution < 1.29 is 4.52 Å². The average Bonchev–Trinajstić information content (AvgIpc) is 3.07. The molecule has 0 aliphatic carbocycles. The standard InChI is InChI=1S/C13H17Cl2N5O.HI/c1-3-16-13(17-7-9-4-5-21-19-9)18-8-10-6-11(14)12(15)20(10)2;/h4-6H,3,7-8H2,1-2H3,(H2,16,17,18);1H.